The molecule has 114 valence electrons. The second-order valence-electron chi connectivity index (χ2n) is 5.19. The molecular formula is C12H17F3N2O2S. The van der Waals surface area contributed by atoms with E-state index in [0.717, 1.165) is 12.3 Å². The third-order valence-corrected chi connectivity index (χ3v) is 5.21. The van der Waals surface area contributed by atoms with E-state index in [4.69, 9.17) is 5.73 Å². The van der Waals surface area contributed by atoms with E-state index in [-0.39, 0.29) is 17.9 Å². The summed E-state index contributed by atoms with van der Waals surface area (Å²) in [5, 5.41) is 2.54. The highest BCUT2D eigenvalue weighted by Crippen LogP contribution is 2.36. The molecule has 20 heavy (non-hydrogen) atoms. The molecule has 0 fully saturated rings. The fourth-order valence-electron chi connectivity index (χ4n) is 1.39. The fourth-order valence-corrected chi connectivity index (χ4v) is 1.72. The fraction of sp³-hybridized carbons (Fsp3) is 0.500. The Bertz CT molecular complexity index is 595. The molecule has 0 atom stereocenters. The van der Waals surface area contributed by atoms with Gasteiger partial charge in [-0.05, 0) is 32.0 Å². The van der Waals surface area contributed by atoms with Crippen molar-refractivity contribution in [2.75, 3.05) is 23.9 Å². The normalized spacial score (nSPS) is 13.3. The van der Waals surface area contributed by atoms with Gasteiger partial charge in [0, 0.05) is 24.2 Å². The minimum absolute atomic E-state index is 0.00903. The summed E-state index contributed by atoms with van der Waals surface area (Å²) in [4.78, 5) is 0. The number of anilines is 2. The van der Waals surface area contributed by atoms with Gasteiger partial charge in [-0.1, -0.05) is 0 Å². The van der Waals surface area contributed by atoms with Crippen LogP contribution in [0.15, 0.2) is 18.2 Å². The number of sulfone groups is 1. The van der Waals surface area contributed by atoms with Gasteiger partial charge in [-0.15, -0.1) is 0 Å². The highest BCUT2D eigenvalue weighted by atomic mass is 32.2. The molecule has 0 spiro atoms. The van der Waals surface area contributed by atoms with Crippen molar-refractivity contribution in [2.45, 2.75) is 24.8 Å². The van der Waals surface area contributed by atoms with Crippen LogP contribution in [-0.4, -0.2) is 26.0 Å². The molecular weight excluding hydrogens is 293 g/mol. The first kappa shape index (κ1) is 16.6. The van der Waals surface area contributed by atoms with Crippen LogP contribution in [-0.2, 0) is 16.0 Å². The number of nitrogen functional groups attached to an aromatic ring is 1. The highest BCUT2D eigenvalue weighted by molar-refractivity contribution is 7.92. The average molecular weight is 310 g/mol. The average Bonchev–Trinajstić information content (AvgIpc) is 2.24. The lowest BCUT2D eigenvalue weighted by molar-refractivity contribution is -0.136. The van der Waals surface area contributed by atoms with Crippen LogP contribution >= 0.6 is 0 Å². The second-order valence-corrected chi connectivity index (χ2v) is 7.84. The molecule has 0 heterocycles. The second kappa shape index (κ2) is 5.16. The van der Waals surface area contributed by atoms with Crippen molar-refractivity contribution in [3.8, 4) is 0 Å². The number of nitrogens with two attached hydrogens (primary N) is 1. The number of hydrogen-bond donors (Lipinski definition) is 2. The summed E-state index contributed by atoms with van der Waals surface area (Å²) in [6.07, 6.45) is -3.52. The van der Waals surface area contributed by atoms with Crippen LogP contribution in [0.3, 0.4) is 0 Å². The molecule has 1 rings (SSSR count). The Kier molecular flexibility index (Phi) is 4.28. The number of benzene rings is 1. The summed E-state index contributed by atoms with van der Waals surface area (Å²) >= 11 is 0. The summed E-state index contributed by atoms with van der Waals surface area (Å²) in [7, 11) is -3.40. The standard InChI is InChI=1S/C12H17F3N2O2S/c1-11(2,20(3,18)19)7-17-10-5-4-8(16)6-9(10)12(13,14)15/h4-6,17H,7,16H2,1-3H3. The Morgan fingerprint density at radius 1 is 1.25 bits per heavy atom. The summed E-state index contributed by atoms with van der Waals surface area (Å²) in [5.74, 6) is 0. The van der Waals surface area contributed by atoms with Gasteiger partial charge in [0.25, 0.3) is 0 Å². The first-order chi connectivity index (χ1) is 8.84. The molecule has 0 aromatic heterocycles. The Hall–Kier alpha value is -1.44. The Balaban J connectivity index is 3.06. The molecule has 0 saturated carbocycles. The third-order valence-electron chi connectivity index (χ3n) is 3.06. The topological polar surface area (TPSA) is 72.2 Å². The molecule has 1 aromatic carbocycles. The predicted molar refractivity (Wildman–Crippen MR) is 73.3 cm³/mol. The van der Waals surface area contributed by atoms with Crippen molar-refractivity contribution < 1.29 is 21.6 Å². The largest absolute Gasteiger partial charge is 0.418 e. The van der Waals surface area contributed by atoms with E-state index in [1.165, 1.54) is 26.0 Å². The minimum Gasteiger partial charge on any atom is -0.399 e. The van der Waals surface area contributed by atoms with Gasteiger partial charge in [-0.3, -0.25) is 0 Å². The predicted octanol–water partition coefficient (Wildman–Crippen LogP) is 2.52. The molecule has 0 saturated heterocycles. The molecule has 1 aromatic rings. The molecule has 8 heteroatoms. The molecule has 0 amide bonds. The van der Waals surface area contributed by atoms with Crippen LogP contribution in [0.1, 0.15) is 19.4 Å². The summed E-state index contributed by atoms with van der Waals surface area (Å²) in [5.41, 5.74) is 4.24. The quantitative estimate of drug-likeness (QED) is 0.838. The zero-order valence-corrected chi connectivity index (χ0v) is 12.2. The Morgan fingerprint density at radius 3 is 2.25 bits per heavy atom. The van der Waals surface area contributed by atoms with Crippen LogP contribution in [0.5, 0.6) is 0 Å². The van der Waals surface area contributed by atoms with Crippen molar-refractivity contribution in [1.29, 1.82) is 0 Å². The lowest BCUT2D eigenvalue weighted by Gasteiger charge is -2.24. The Labute approximate surface area is 116 Å². The first-order valence-corrected chi connectivity index (χ1v) is 7.64. The summed E-state index contributed by atoms with van der Waals surface area (Å²) in [6.45, 7) is 2.75. The van der Waals surface area contributed by atoms with Crippen molar-refractivity contribution in [3.05, 3.63) is 23.8 Å². The maximum Gasteiger partial charge on any atom is 0.418 e. The van der Waals surface area contributed by atoms with Crippen molar-refractivity contribution in [3.63, 3.8) is 0 Å². The highest BCUT2D eigenvalue weighted by Gasteiger charge is 2.35. The maximum absolute atomic E-state index is 12.9. The van der Waals surface area contributed by atoms with E-state index in [2.05, 4.69) is 5.32 Å². The zero-order valence-electron chi connectivity index (χ0n) is 11.4. The molecule has 0 bridgehead atoms. The lowest BCUT2D eigenvalue weighted by atomic mass is 10.1. The molecule has 0 aliphatic heterocycles. The number of alkyl halides is 3. The van der Waals surface area contributed by atoms with Gasteiger partial charge in [0.1, 0.15) is 0 Å². The molecule has 0 unspecified atom stereocenters. The van der Waals surface area contributed by atoms with Crippen molar-refractivity contribution in [1.82, 2.24) is 0 Å². The molecule has 0 radical (unpaired) electrons. The van der Waals surface area contributed by atoms with Crippen LogP contribution in [0.2, 0.25) is 0 Å². The minimum atomic E-state index is -4.56. The smallest absolute Gasteiger partial charge is 0.399 e. The number of nitrogens with one attached hydrogen (secondary N) is 1. The van der Waals surface area contributed by atoms with Gasteiger partial charge < -0.3 is 11.1 Å². The van der Waals surface area contributed by atoms with Crippen LogP contribution < -0.4 is 11.1 Å². The van der Waals surface area contributed by atoms with E-state index in [9.17, 15) is 21.6 Å². The van der Waals surface area contributed by atoms with E-state index in [1.807, 2.05) is 0 Å². The van der Waals surface area contributed by atoms with Gasteiger partial charge in [-0.2, -0.15) is 13.2 Å². The van der Waals surface area contributed by atoms with Crippen LogP contribution in [0.4, 0.5) is 24.5 Å². The van der Waals surface area contributed by atoms with Gasteiger partial charge in [0.05, 0.1) is 10.3 Å². The molecule has 4 nitrogen and oxygen atoms in total. The third kappa shape index (κ3) is 3.78. The van der Waals surface area contributed by atoms with E-state index < -0.39 is 26.3 Å². The monoisotopic (exact) mass is 310 g/mol. The van der Waals surface area contributed by atoms with E-state index in [1.54, 1.807) is 0 Å². The maximum atomic E-state index is 12.9. The number of rotatable bonds is 4. The summed E-state index contributed by atoms with van der Waals surface area (Å²) < 4.78 is 60.5. The van der Waals surface area contributed by atoms with Gasteiger partial charge in [-0.25, -0.2) is 8.42 Å². The zero-order chi connectivity index (χ0) is 15.8. The van der Waals surface area contributed by atoms with Crippen molar-refractivity contribution >= 4 is 21.2 Å². The number of halogens is 3. The lowest BCUT2D eigenvalue weighted by Crippen LogP contribution is -2.38. The van der Waals surface area contributed by atoms with Gasteiger partial charge in [0.2, 0.25) is 0 Å². The molecule has 3 N–H and O–H groups in total. The van der Waals surface area contributed by atoms with Gasteiger partial charge >= 0.3 is 6.18 Å². The number of hydrogen-bond acceptors (Lipinski definition) is 4. The van der Waals surface area contributed by atoms with Crippen LogP contribution in [0, 0.1) is 0 Å². The van der Waals surface area contributed by atoms with Gasteiger partial charge in [0.15, 0.2) is 9.84 Å². The van der Waals surface area contributed by atoms with E-state index in [0.29, 0.717) is 0 Å². The van der Waals surface area contributed by atoms with Crippen molar-refractivity contribution in [2.24, 2.45) is 0 Å². The van der Waals surface area contributed by atoms with Crippen LogP contribution in [0.25, 0.3) is 0 Å². The Morgan fingerprint density at radius 2 is 1.80 bits per heavy atom. The summed E-state index contributed by atoms with van der Waals surface area (Å²) in [6, 6.07) is 3.33. The SMILES string of the molecule is CC(C)(CNc1ccc(N)cc1C(F)(F)F)S(C)(=O)=O. The first-order valence-electron chi connectivity index (χ1n) is 5.75. The molecule has 0 aliphatic rings. The van der Waals surface area contributed by atoms with E-state index >= 15 is 0 Å². The molecule has 0 aliphatic carbocycles.